The van der Waals surface area contributed by atoms with E-state index in [1.54, 1.807) is 0 Å². The molecule has 130 valence electrons. The summed E-state index contributed by atoms with van der Waals surface area (Å²) in [4.78, 5) is 9.71. The Morgan fingerprint density at radius 2 is 2.14 bits per heavy atom. The molecule has 6 heteroatoms. The Kier molecular flexibility index (Phi) is 8.42. The second-order valence-corrected chi connectivity index (χ2v) is 6.78. The van der Waals surface area contributed by atoms with E-state index in [4.69, 9.17) is 9.73 Å². The van der Waals surface area contributed by atoms with Crippen LogP contribution in [0.1, 0.15) is 33.6 Å². The van der Waals surface area contributed by atoms with Crippen LogP contribution in [-0.4, -0.2) is 74.8 Å². The van der Waals surface area contributed by atoms with Crippen LogP contribution in [0.4, 0.5) is 0 Å². The van der Waals surface area contributed by atoms with Crippen molar-refractivity contribution in [3.63, 3.8) is 0 Å². The Morgan fingerprint density at radius 1 is 1.41 bits per heavy atom. The average Bonchev–Trinajstić information content (AvgIpc) is 2.88. The van der Waals surface area contributed by atoms with E-state index in [9.17, 15) is 0 Å². The lowest BCUT2D eigenvalue weighted by molar-refractivity contribution is -0.0946. The van der Waals surface area contributed by atoms with Gasteiger partial charge in [0.25, 0.3) is 0 Å². The monoisotopic (exact) mass is 424 g/mol. The summed E-state index contributed by atoms with van der Waals surface area (Å²) in [6.07, 6.45) is 2.64. The van der Waals surface area contributed by atoms with Gasteiger partial charge in [-0.05, 0) is 32.9 Å². The highest BCUT2D eigenvalue weighted by Crippen LogP contribution is 2.26. The molecule has 2 saturated heterocycles. The Hall–Kier alpha value is -0.0800. The first-order valence-corrected chi connectivity index (χ1v) is 8.39. The van der Waals surface area contributed by atoms with Crippen LogP contribution in [0, 0.1) is 5.41 Å². The average molecular weight is 424 g/mol. The van der Waals surface area contributed by atoms with E-state index in [1.165, 1.54) is 19.4 Å². The molecule has 0 amide bonds. The fourth-order valence-electron chi connectivity index (χ4n) is 3.20. The van der Waals surface area contributed by atoms with Crippen LogP contribution in [0.2, 0.25) is 0 Å². The summed E-state index contributed by atoms with van der Waals surface area (Å²) in [6, 6.07) is 0.673. The van der Waals surface area contributed by atoms with E-state index in [2.05, 4.69) is 42.9 Å². The normalized spacial score (nSPS) is 24.5. The van der Waals surface area contributed by atoms with E-state index in [0.717, 1.165) is 45.4 Å². The SMILES string of the molecule is CCNC(=NCC1(C)COC1)N(C)CC1CCCN1CC.I. The molecule has 22 heavy (non-hydrogen) atoms. The summed E-state index contributed by atoms with van der Waals surface area (Å²) in [5.74, 6) is 1.04. The van der Waals surface area contributed by atoms with Crippen LogP contribution in [0.3, 0.4) is 0 Å². The van der Waals surface area contributed by atoms with Crippen LogP contribution in [0.5, 0.6) is 0 Å². The molecule has 2 aliphatic rings. The first-order valence-electron chi connectivity index (χ1n) is 8.39. The standard InChI is InChI=1S/C16H32N4O.HI/c1-5-17-15(18-11-16(3)12-21-13-16)19(4)10-14-8-7-9-20(14)6-2;/h14H,5-13H2,1-4H3,(H,17,18);1H. The molecule has 0 aliphatic carbocycles. The van der Waals surface area contributed by atoms with Gasteiger partial charge in [-0.1, -0.05) is 13.8 Å². The lowest BCUT2D eigenvalue weighted by atomic mass is 9.89. The summed E-state index contributed by atoms with van der Waals surface area (Å²) in [5.41, 5.74) is 0.240. The molecule has 0 aromatic heterocycles. The summed E-state index contributed by atoms with van der Waals surface area (Å²) in [5, 5.41) is 3.43. The third-order valence-corrected chi connectivity index (χ3v) is 4.60. The molecule has 1 N–H and O–H groups in total. The van der Waals surface area contributed by atoms with E-state index >= 15 is 0 Å². The molecule has 5 nitrogen and oxygen atoms in total. The summed E-state index contributed by atoms with van der Waals surface area (Å²) in [6.45, 7) is 13.5. The van der Waals surface area contributed by atoms with Gasteiger partial charge in [0.2, 0.25) is 0 Å². The maximum atomic E-state index is 5.32. The van der Waals surface area contributed by atoms with Gasteiger partial charge in [0.05, 0.1) is 19.8 Å². The number of likely N-dealkylation sites (tertiary alicyclic amines) is 1. The zero-order chi connectivity index (χ0) is 15.3. The summed E-state index contributed by atoms with van der Waals surface area (Å²) < 4.78 is 5.32. The van der Waals surface area contributed by atoms with Gasteiger partial charge in [-0.3, -0.25) is 9.89 Å². The van der Waals surface area contributed by atoms with Crippen molar-refractivity contribution < 1.29 is 4.74 Å². The number of ether oxygens (including phenoxy) is 1. The van der Waals surface area contributed by atoms with Crippen molar-refractivity contribution in [1.29, 1.82) is 0 Å². The minimum atomic E-state index is 0. The zero-order valence-electron chi connectivity index (χ0n) is 14.6. The third-order valence-electron chi connectivity index (χ3n) is 4.60. The lowest BCUT2D eigenvalue weighted by Crippen LogP contribution is -2.47. The number of nitrogens with one attached hydrogen (secondary N) is 1. The number of hydrogen-bond donors (Lipinski definition) is 1. The van der Waals surface area contributed by atoms with E-state index < -0.39 is 0 Å². The van der Waals surface area contributed by atoms with Gasteiger partial charge < -0.3 is 15.0 Å². The summed E-state index contributed by atoms with van der Waals surface area (Å²) >= 11 is 0. The first kappa shape index (κ1) is 20.0. The molecule has 0 bridgehead atoms. The Bertz CT molecular complexity index is 360. The molecule has 0 saturated carbocycles. The van der Waals surface area contributed by atoms with Gasteiger partial charge in [0.1, 0.15) is 0 Å². The fourth-order valence-corrected chi connectivity index (χ4v) is 3.20. The van der Waals surface area contributed by atoms with Crippen molar-refractivity contribution in [1.82, 2.24) is 15.1 Å². The maximum Gasteiger partial charge on any atom is 0.193 e. The van der Waals surface area contributed by atoms with Crippen molar-refractivity contribution in [2.24, 2.45) is 10.4 Å². The first-order chi connectivity index (χ1) is 10.1. The number of rotatable bonds is 6. The second-order valence-electron chi connectivity index (χ2n) is 6.78. The predicted octanol–water partition coefficient (Wildman–Crippen LogP) is 2.02. The number of guanidine groups is 1. The maximum absolute atomic E-state index is 5.32. The van der Waals surface area contributed by atoms with Crippen molar-refractivity contribution in [3.05, 3.63) is 0 Å². The molecular formula is C16H33IN4O. The summed E-state index contributed by atoms with van der Waals surface area (Å²) in [7, 11) is 2.16. The smallest absolute Gasteiger partial charge is 0.193 e. The van der Waals surface area contributed by atoms with E-state index in [0.29, 0.717) is 6.04 Å². The van der Waals surface area contributed by atoms with Crippen molar-refractivity contribution in [2.45, 2.75) is 39.7 Å². The van der Waals surface area contributed by atoms with Gasteiger partial charge in [-0.15, -0.1) is 24.0 Å². The lowest BCUT2D eigenvalue weighted by Gasteiger charge is -2.37. The Morgan fingerprint density at radius 3 is 2.68 bits per heavy atom. The molecule has 1 unspecified atom stereocenters. The largest absolute Gasteiger partial charge is 0.380 e. The van der Waals surface area contributed by atoms with E-state index in [1.807, 2.05) is 0 Å². The fraction of sp³-hybridized carbons (Fsp3) is 0.938. The van der Waals surface area contributed by atoms with Crippen molar-refractivity contribution in [2.75, 3.05) is 53.0 Å². The minimum absolute atomic E-state index is 0. The van der Waals surface area contributed by atoms with Gasteiger partial charge in [-0.25, -0.2) is 0 Å². The Labute approximate surface area is 152 Å². The molecule has 0 aromatic rings. The zero-order valence-corrected chi connectivity index (χ0v) is 16.9. The topological polar surface area (TPSA) is 40.1 Å². The molecule has 0 radical (unpaired) electrons. The van der Waals surface area contributed by atoms with Crippen molar-refractivity contribution in [3.8, 4) is 0 Å². The van der Waals surface area contributed by atoms with Gasteiger partial charge in [0, 0.05) is 31.6 Å². The molecule has 2 fully saturated rings. The van der Waals surface area contributed by atoms with Gasteiger partial charge in [0.15, 0.2) is 5.96 Å². The predicted molar refractivity (Wildman–Crippen MR) is 103 cm³/mol. The number of hydrogen-bond acceptors (Lipinski definition) is 3. The van der Waals surface area contributed by atoms with Crippen LogP contribution in [0.15, 0.2) is 4.99 Å². The minimum Gasteiger partial charge on any atom is -0.380 e. The highest BCUT2D eigenvalue weighted by molar-refractivity contribution is 14.0. The third kappa shape index (κ3) is 5.23. The van der Waals surface area contributed by atoms with Crippen molar-refractivity contribution >= 4 is 29.9 Å². The van der Waals surface area contributed by atoms with E-state index in [-0.39, 0.29) is 29.4 Å². The second kappa shape index (κ2) is 9.27. The number of likely N-dealkylation sites (N-methyl/N-ethyl adjacent to an activating group) is 2. The molecule has 0 spiro atoms. The molecule has 2 heterocycles. The molecular weight excluding hydrogens is 391 g/mol. The van der Waals surface area contributed by atoms with Gasteiger partial charge >= 0.3 is 0 Å². The van der Waals surface area contributed by atoms with Crippen LogP contribution >= 0.6 is 24.0 Å². The van der Waals surface area contributed by atoms with Gasteiger partial charge in [-0.2, -0.15) is 0 Å². The molecule has 2 rings (SSSR count). The van der Waals surface area contributed by atoms with Crippen LogP contribution in [-0.2, 0) is 4.74 Å². The highest BCUT2D eigenvalue weighted by Gasteiger charge is 2.33. The molecule has 2 aliphatic heterocycles. The quantitative estimate of drug-likeness (QED) is 0.403. The Balaban J connectivity index is 0.00000242. The molecule has 1 atom stereocenters. The van der Waals surface area contributed by atoms with Crippen LogP contribution in [0.25, 0.3) is 0 Å². The number of halogens is 1. The van der Waals surface area contributed by atoms with Crippen LogP contribution < -0.4 is 5.32 Å². The highest BCUT2D eigenvalue weighted by atomic mass is 127. The number of aliphatic imine (C=N–C) groups is 1. The number of nitrogens with zero attached hydrogens (tertiary/aromatic N) is 3. The molecule has 0 aromatic carbocycles.